The van der Waals surface area contributed by atoms with Gasteiger partial charge < -0.3 is 25.2 Å². The minimum absolute atomic E-state index is 0.0709. The fourth-order valence-corrected chi connectivity index (χ4v) is 3.80. The van der Waals surface area contributed by atoms with Crippen LogP contribution in [-0.4, -0.2) is 64.3 Å². The highest BCUT2D eigenvalue weighted by molar-refractivity contribution is 7.11. The second-order valence-corrected chi connectivity index (χ2v) is 8.16. The Morgan fingerprint density at radius 1 is 1.24 bits per heavy atom. The summed E-state index contributed by atoms with van der Waals surface area (Å²) in [5.74, 6) is -6.19. The second-order valence-electron chi connectivity index (χ2n) is 6.98. The Labute approximate surface area is 202 Å². The molecule has 0 spiro atoms. The van der Waals surface area contributed by atoms with E-state index in [2.05, 4.69) is 19.9 Å². The third-order valence-corrected chi connectivity index (χ3v) is 5.74. The first-order valence-electron chi connectivity index (χ1n) is 10.2. The highest BCUT2D eigenvalue weighted by Gasteiger charge is 2.25. The van der Waals surface area contributed by atoms with Crippen LogP contribution in [0.1, 0.15) is 35.7 Å². The highest BCUT2D eigenvalue weighted by atomic mass is 35.5. The molecule has 1 aromatic heterocycles. The lowest BCUT2D eigenvalue weighted by molar-refractivity contribution is 0.0693. The van der Waals surface area contributed by atoms with Crippen LogP contribution in [0.2, 0.25) is 5.02 Å². The topological polar surface area (TPSA) is 124 Å². The van der Waals surface area contributed by atoms with Gasteiger partial charge in [0.05, 0.1) is 17.2 Å². The molecule has 34 heavy (non-hydrogen) atoms. The number of halogens is 4. The zero-order valence-corrected chi connectivity index (χ0v) is 19.7. The van der Waals surface area contributed by atoms with E-state index in [0.717, 1.165) is 19.5 Å². The van der Waals surface area contributed by atoms with Gasteiger partial charge in [0.25, 0.3) is 0 Å². The van der Waals surface area contributed by atoms with Crippen molar-refractivity contribution in [3.8, 4) is 5.88 Å². The number of carboxylic acids is 1. The molecule has 1 aromatic carbocycles. The molecule has 0 aliphatic heterocycles. The summed E-state index contributed by atoms with van der Waals surface area (Å²) in [7, 11) is 0. The van der Waals surface area contributed by atoms with Crippen molar-refractivity contribution in [3.05, 3.63) is 39.7 Å². The van der Waals surface area contributed by atoms with Gasteiger partial charge in [0.2, 0.25) is 5.88 Å². The zero-order valence-electron chi connectivity index (χ0n) is 18.2. The monoisotopic (exact) mass is 524 g/mol. The first-order valence-corrected chi connectivity index (χ1v) is 11.4. The number of aliphatic hydroxyl groups excluding tert-OH is 1. The molecule has 0 saturated carbocycles. The summed E-state index contributed by atoms with van der Waals surface area (Å²) >= 11 is 5.97. The average molecular weight is 525 g/mol. The number of hydrogen-bond donors (Lipinski definition) is 4. The van der Waals surface area contributed by atoms with E-state index in [-0.39, 0.29) is 11.6 Å². The van der Waals surface area contributed by atoms with Crippen molar-refractivity contribution in [2.75, 3.05) is 38.1 Å². The summed E-state index contributed by atoms with van der Waals surface area (Å²) in [6, 6.07) is -0.0982. The molecular weight excluding hydrogens is 501 g/mol. The van der Waals surface area contributed by atoms with E-state index >= 15 is 0 Å². The summed E-state index contributed by atoms with van der Waals surface area (Å²) in [6.07, 6.45) is 1.44. The van der Waals surface area contributed by atoms with Crippen molar-refractivity contribution in [1.82, 2.24) is 14.6 Å². The molecular formula is C20H24ClF3N4O5S. The van der Waals surface area contributed by atoms with Gasteiger partial charge in [0.15, 0.2) is 17.2 Å². The quantitative estimate of drug-likeness (QED) is 0.179. The molecule has 0 unspecified atom stereocenters. The van der Waals surface area contributed by atoms with Crippen LogP contribution < -0.4 is 15.4 Å². The number of urea groups is 1. The van der Waals surface area contributed by atoms with Crippen LogP contribution in [0.5, 0.6) is 5.88 Å². The van der Waals surface area contributed by atoms with Crippen LogP contribution in [0.15, 0.2) is 6.07 Å². The Balaban J connectivity index is 1.94. The number of likely N-dealkylation sites (N-methyl/N-ethyl adjacent to an activating group) is 1. The maximum Gasteiger partial charge on any atom is 0.344 e. The lowest BCUT2D eigenvalue weighted by atomic mass is 10.2. The number of rotatable bonds is 13. The molecule has 2 rings (SSSR count). The van der Waals surface area contributed by atoms with Crippen molar-refractivity contribution >= 4 is 40.1 Å². The molecule has 0 aliphatic rings. The van der Waals surface area contributed by atoms with Crippen molar-refractivity contribution in [3.63, 3.8) is 0 Å². The van der Waals surface area contributed by atoms with E-state index in [4.69, 9.17) is 21.4 Å². The first kappa shape index (κ1) is 27.6. The molecule has 0 aliphatic carbocycles. The van der Waals surface area contributed by atoms with Crippen LogP contribution >= 0.6 is 23.1 Å². The van der Waals surface area contributed by atoms with Crippen LogP contribution in [0.25, 0.3) is 0 Å². The molecule has 0 saturated heterocycles. The number of carbonyl (C=O) groups excluding carboxylic acids is 1. The van der Waals surface area contributed by atoms with Gasteiger partial charge in [-0.1, -0.05) is 18.5 Å². The van der Waals surface area contributed by atoms with Crippen molar-refractivity contribution in [2.24, 2.45) is 0 Å². The number of amides is 2. The summed E-state index contributed by atoms with van der Waals surface area (Å²) < 4.78 is 50.3. The van der Waals surface area contributed by atoms with Crippen molar-refractivity contribution in [2.45, 2.75) is 26.4 Å². The number of ether oxygens (including phenoxy) is 1. The molecule has 0 atom stereocenters. The predicted octanol–water partition coefficient (Wildman–Crippen LogP) is 3.71. The fraction of sp³-hybridized carbons (Fsp3) is 0.450. The average Bonchev–Trinajstić information content (AvgIpc) is 3.18. The van der Waals surface area contributed by atoms with E-state index in [1.54, 1.807) is 0 Å². The van der Waals surface area contributed by atoms with E-state index in [9.17, 15) is 27.9 Å². The smallest absolute Gasteiger partial charge is 0.344 e. The largest absolute Gasteiger partial charge is 0.477 e. The maximum atomic E-state index is 13.9. The molecule has 0 bridgehead atoms. The van der Waals surface area contributed by atoms with Gasteiger partial charge in [-0.2, -0.15) is 4.37 Å². The molecule has 1 heterocycles. The number of nitrogens with zero attached hydrogens (tertiary/aromatic N) is 2. The van der Waals surface area contributed by atoms with Gasteiger partial charge in [-0.05, 0) is 43.5 Å². The number of benzene rings is 1. The van der Waals surface area contributed by atoms with Crippen LogP contribution in [-0.2, 0) is 6.61 Å². The van der Waals surface area contributed by atoms with Crippen LogP contribution in [0, 0.1) is 17.5 Å². The molecule has 2 amide bonds. The molecule has 9 nitrogen and oxygen atoms in total. The van der Waals surface area contributed by atoms with E-state index in [0.29, 0.717) is 37.1 Å². The highest BCUT2D eigenvalue weighted by Crippen LogP contribution is 2.32. The minimum Gasteiger partial charge on any atom is -0.477 e. The lowest BCUT2D eigenvalue weighted by Gasteiger charge is -2.18. The van der Waals surface area contributed by atoms with Gasteiger partial charge >= 0.3 is 12.0 Å². The Bertz CT molecular complexity index is 1010. The van der Waals surface area contributed by atoms with Gasteiger partial charge in [-0.15, -0.1) is 0 Å². The lowest BCUT2D eigenvalue weighted by Crippen LogP contribution is -2.31. The van der Waals surface area contributed by atoms with Gasteiger partial charge in [0.1, 0.15) is 17.4 Å². The van der Waals surface area contributed by atoms with E-state index in [1.807, 2.05) is 6.92 Å². The van der Waals surface area contributed by atoms with Crippen molar-refractivity contribution in [1.29, 1.82) is 0 Å². The van der Waals surface area contributed by atoms with E-state index in [1.165, 1.54) is 0 Å². The third-order valence-electron chi connectivity index (χ3n) is 4.71. The Morgan fingerprint density at radius 2 is 1.97 bits per heavy atom. The number of aromatic nitrogens is 1. The minimum atomic E-state index is -1.56. The maximum absolute atomic E-state index is 13.9. The molecule has 4 N–H and O–H groups in total. The number of unbranched alkanes of at least 4 members (excludes halogenated alkanes) is 1. The van der Waals surface area contributed by atoms with Gasteiger partial charge in [-0.25, -0.2) is 22.8 Å². The normalized spacial score (nSPS) is 11.0. The van der Waals surface area contributed by atoms with Crippen LogP contribution in [0.4, 0.5) is 23.0 Å². The number of carbonyl (C=O) groups is 2. The number of aromatic carboxylic acids is 1. The first-order chi connectivity index (χ1) is 16.2. The molecule has 0 fully saturated rings. The summed E-state index contributed by atoms with van der Waals surface area (Å²) in [5.41, 5.74) is -1.31. The number of hydrogen-bond acceptors (Lipinski definition) is 7. The number of carboxylic acid groups (broad SMARTS) is 1. The fourth-order valence-electron chi connectivity index (χ4n) is 2.90. The zero-order chi connectivity index (χ0) is 25.3. The summed E-state index contributed by atoms with van der Waals surface area (Å²) in [6.45, 7) is 3.66. The Kier molecular flexibility index (Phi) is 10.8. The number of anilines is 1. The third kappa shape index (κ3) is 7.45. The number of nitrogens with one attached hydrogen (secondary N) is 2. The second kappa shape index (κ2) is 13.3. The molecule has 14 heteroatoms. The van der Waals surface area contributed by atoms with E-state index < -0.39 is 58.1 Å². The molecule has 188 valence electrons. The van der Waals surface area contributed by atoms with Gasteiger partial charge in [0, 0.05) is 13.1 Å². The Hall–Kier alpha value is -2.61. The number of aliphatic hydroxyl groups is 1. The summed E-state index contributed by atoms with van der Waals surface area (Å²) in [4.78, 5) is 25.8. The SMILES string of the molecule is CCN(CCO)CCCCNC(=O)Nc1snc(OCc2c(F)cc(Cl)c(F)c2F)c1C(=O)O. The van der Waals surface area contributed by atoms with Gasteiger partial charge in [-0.3, -0.25) is 5.32 Å². The van der Waals surface area contributed by atoms with Crippen LogP contribution in [0.3, 0.4) is 0 Å². The molecule has 2 aromatic rings. The molecule has 0 radical (unpaired) electrons. The summed E-state index contributed by atoms with van der Waals surface area (Å²) in [5, 5.41) is 22.5. The van der Waals surface area contributed by atoms with Crippen molar-refractivity contribution < 1.29 is 37.7 Å². The predicted molar refractivity (Wildman–Crippen MR) is 120 cm³/mol. The Morgan fingerprint density at radius 3 is 2.62 bits per heavy atom. The standard InChI is InChI=1S/C20H24ClF3N4O5S/c1-2-28(7-8-29)6-4-3-5-25-20(32)26-18-14(19(30)31)17(27-34-18)33-10-11-13(22)9-12(21)16(24)15(11)23/h9,29H,2-8,10H2,1H3,(H,30,31)(H2,25,26,32).